The molecule has 5 heteroatoms. The highest BCUT2D eigenvalue weighted by Gasteiger charge is 1.99. The Morgan fingerprint density at radius 3 is 2.43 bits per heavy atom. The molecule has 1 unspecified atom stereocenters. The van der Waals surface area contributed by atoms with E-state index in [0.29, 0.717) is 16.4 Å². The molecule has 0 saturated carbocycles. The van der Waals surface area contributed by atoms with E-state index in [0.717, 1.165) is 5.56 Å². The van der Waals surface area contributed by atoms with Gasteiger partial charge in [0, 0.05) is 10.6 Å². The van der Waals surface area contributed by atoms with Gasteiger partial charge in [0.15, 0.2) is 5.84 Å². The highest BCUT2D eigenvalue weighted by molar-refractivity contribution is 7.41. The first-order chi connectivity index (χ1) is 6.63. The normalized spacial score (nSPS) is 11.5. The summed E-state index contributed by atoms with van der Waals surface area (Å²) in [6, 6.07) is 6.95. The lowest BCUT2D eigenvalue weighted by atomic mass is 10.2. The van der Waals surface area contributed by atoms with Gasteiger partial charge in [-0.3, -0.25) is 5.41 Å². The monoisotopic (exact) mass is 246 g/mol. The van der Waals surface area contributed by atoms with Gasteiger partial charge in [0.25, 0.3) is 0 Å². The number of hydrogen-bond acceptors (Lipinski definition) is 1. The van der Waals surface area contributed by atoms with Gasteiger partial charge in [-0.1, -0.05) is 20.8 Å². The van der Waals surface area contributed by atoms with Crippen molar-refractivity contribution in [2.45, 2.75) is 0 Å². The number of halogens is 2. The average Bonchev–Trinajstić information content (AvgIpc) is 2.18. The molecule has 0 spiro atoms. The van der Waals surface area contributed by atoms with Crippen LogP contribution in [0.4, 0.5) is 0 Å². The molecule has 0 aliphatic rings. The zero-order valence-corrected chi connectivity index (χ0v) is 9.96. The number of aliphatic imine (C=N–C) groups is 1. The molecule has 0 heterocycles. The minimum Gasteiger partial charge on any atom is -0.282 e. The summed E-state index contributed by atoms with van der Waals surface area (Å²) >= 11 is 11.3. The van der Waals surface area contributed by atoms with Crippen LogP contribution >= 0.6 is 32.4 Å². The molecule has 1 N–H and O–H groups in total. The first-order valence-electron chi connectivity index (χ1n) is 3.87. The van der Waals surface area contributed by atoms with Crippen molar-refractivity contribution in [1.82, 2.24) is 0 Å². The molecule has 1 rings (SSSR count). The van der Waals surface area contributed by atoms with E-state index in [1.807, 2.05) is 0 Å². The molecule has 0 amide bonds. The average molecular weight is 247 g/mol. The lowest BCUT2D eigenvalue weighted by molar-refractivity contribution is 1.42. The summed E-state index contributed by atoms with van der Waals surface area (Å²) in [6.07, 6.45) is 0. The van der Waals surface area contributed by atoms with E-state index in [1.54, 1.807) is 24.3 Å². The topological polar surface area (TPSA) is 36.2 Å². The Morgan fingerprint density at radius 2 is 1.93 bits per heavy atom. The Kier molecular flexibility index (Phi) is 4.53. The van der Waals surface area contributed by atoms with Gasteiger partial charge < -0.3 is 0 Å². The van der Waals surface area contributed by atoms with E-state index in [4.69, 9.17) is 28.6 Å². The van der Waals surface area contributed by atoms with Crippen LogP contribution in [0.1, 0.15) is 5.56 Å². The van der Waals surface area contributed by atoms with Crippen LogP contribution in [-0.2, 0) is 0 Å². The van der Waals surface area contributed by atoms with E-state index in [-0.39, 0.29) is 5.84 Å². The largest absolute Gasteiger partial charge is 0.282 e. The molecule has 0 saturated heterocycles. The van der Waals surface area contributed by atoms with Crippen molar-refractivity contribution in [2.75, 3.05) is 5.88 Å². The smallest absolute Gasteiger partial charge is 0.152 e. The quantitative estimate of drug-likeness (QED) is 0.360. The molecule has 0 aliphatic carbocycles. The fourth-order valence-corrected chi connectivity index (χ4v) is 1.16. The van der Waals surface area contributed by atoms with Gasteiger partial charge >= 0.3 is 0 Å². The van der Waals surface area contributed by atoms with E-state index in [1.165, 1.54) is 0 Å². The van der Waals surface area contributed by atoms with Gasteiger partial charge in [-0.25, -0.2) is 4.99 Å². The maximum absolute atomic E-state index is 7.63. The maximum atomic E-state index is 7.63. The summed E-state index contributed by atoms with van der Waals surface area (Å²) in [4.78, 5) is 3.98. The fourth-order valence-electron chi connectivity index (χ4n) is 0.846. The van der Waals surface area contributed by atoms with Gasteiger partial charge in [-0.05, 0) is 24.3 Å². The molecule has 14 heavy (non-hydrogen) atoms. The third kappa shape index (κ3) is 3.38. The molecule has 1 aromatic rings. The number of nitrogens with one attached hydrogen (secondary N) is 1. The lowest BCUT2D eigenvalue weighted by Gasteiger charge is -1.99. The predicted octanol–water partition coefficient (Wildman–Crippen LogP) is 3.18. The molecule has 74 valence electrons. The second-order valence-corrected chi connectivity index (χ2v) is 3.96. The number of nitrogens with zero attached hydrogens (tertiary/aromatic N) is 1. The first-order valence-corrected chi connectivity index (χ1v) is 5.36. The van der Waals surface area contributed by atoms with Crippen molar-refractivity contribution in [3.05, 3.63) is 34.9 Å². The van der Waals surface area contributed by atoms with Crippen LogP contribution in [0.2, 0.25) is 5.02 Å². The summed E-state index contributed by atoms with van der Waals surface area (Å²) in [5.41, 5.74) is 1.37. The van der Waals surface area contributed by atoms with Gasteiger partial charge in [-0.15, -0.1) is 11.6 Å². The molecule has 1 aromatic carbocycles. The minimum absolute atomic E-state index is 0.187. The Balaban J connectivity index is 2.85. The molecule has 0 aliphatic heterocycles. The Morgan fingerprint density at radius 1 is 1.36 bits per heavy atom. The SMILES string of the molecule is N=C(/N=C(\P)CCl)c1ccc(Cl)cc1. The van der Waals surface area contributed by atoms with Crippen LogP contribution in [0.25, 0.3) is 0 Å². The standard InChI is InChI=1S/C9H9Cl2N2P/c10-5-8(14)13-9(12)6-1-3-7(11)4-2-6/h1-4,12H,5,14H2/b12-9?,13-8-. The third-order valence-corrected chi connectivity index (χ3v) is 2.63. The van der Waals surface area contributed by atoms with Gasteiger partial charge in [0.2, 0.25) is 0 Å². The fraction of sp³-hybridized carbons (Fsp3) is 0.111. The Bertz CT molecular complexity index is 360. The van der Waals surface area contributed by atoms with Crippen molar-refractivity contribution in [2.24, 2.45) is 4.99 Å². The highest BCUT2D eigenvalue weighted by Crippen LogP contribution is 2.10. The van der Waals surface area contributed by atoms with Crippen molar-refractivity contribution in [3.63, 3.8) is 0 Å². The van der Waals surface area contributed by atoms with Crippen molar-refractivity contribution < 1.29 is 0 Å². The number of alkyl halides is 1. The van der Waals surface area contributed by atoms with Crippen LogP contribution in [0.15, 0.2) is 29.3 Å². The molecule has 2 nitrogen and oxygen atoms in total. The number of hydrogen-bond donors (Lipinski definition) is 1. The highest BCUT2D eigenvalue weighted by atomic mass is 35.5. The van der Waals surface area contributed by atoms with Gasteiger partial charge in [0.1, 0.15) is 0 Å². The minimum atomic E-state index is 0.187. The molecule has 1 atom stereocenters. The second kappa shape index (κ2) is 5.45. The molecular formula is C9H9Cl2N2P. The summed E-state index contributed by atoms with van der Waals surface area (Å²) < 4.78 is 0. The van der Waals surface area contributed by atoms with E-state index in [2.05, 4.69) is 14.2 Å². The van der Waals surface area contributed by atoms with Crippen molar-refractivity contribution in [1.29, 1.82) is 5.41 Å². The third-order valence-electron chi connectivity index (χ3n) is 1.51. The van der Waals surface area contributed by atoms with Crippen LogP contribution in [0.3, 0.4) is 0 Å². The zero-order valence-electron chi connectivity index (χ0n) is 7.30. The summed E-state index contributed by atoms with van der Waals surface area (Å²) in [5.74, 6) is 0.494. The van der Waals surface area contributed by atoms with Crippen LogP contribution in [0, 0.1) is 5.41 Å². The van der Waals surface area contributed by atoms with Crippen LogP contribution in [-0.4, -0.2) is 17.2 Å². The van der Waals surface area contributed by atoms with E-state index < -0.39 is 0 Å². The summed E-state index contributed by atoms with van der Waals surface area (Å²) in [7, 11) is 2.39. The Hall–Kier alpha value is -0.430. The second-order valence-electron chi connectivity index (χ2n) is 2.59. The molecular weight excluding hydrogens is 238 g/mol. The summed E-state index contributed by atoms with van der Waals surface area (Å²) in [6.45, 7) is 0. The van der Waals surface area contributed by atoms with Crippen LogP contribution < -0.4 is 0 Å². The zero-order chi connectivity index (χ0) is 10.6. The van der Waals surface area contributed by atoms with E-state index >= 15 is 0 Å². The molecule has 0 aromatic heterocycles. The van der Waals surface area contributed by atoms with Gasteiger partial charge in [-0.2, -0.15) is 0 Å². The van der Waals surface area contributed by atoms with Crippen molar-refractivity contribution in [3.8, 4) is 0 Å². The Labute approximate surface area is 95.0 Å². The number of benzene rings is 1. The molecule has 0 bridgehead atoms. The maximum Gasteiger partial charge on any atom is 0.152 e. The van der Waals surface area contributed by atoms with E-state index in [9.17, 15) is 0 Å². The van der Waals surface area contributed by atoms with Gasteiger partial charge in [0.05, 0.1) is 11.3 Å². The summed E-state index contributed by atoms with van der Waals surface area (Å²) in [5, 5.41) is 8.28. The number of amidine groups is 1. The van der Waals surface area contributed by atoms with Crippen LogP contribution in [0.5, 0.6) is 0 Å². The lowest BCUT2D eigenvalue weighted by Crippen LogP contribution is -1.99. The first kappa shape index (κ1) is 11.6. The van der Waals surface area contributed by atoms with Crippen molar-refractivity contribution >= 4 is 43.7 Å². The number of rotatable bonds is 2. The predicted molar refractivity (Wildman–Crippen MR) is 66.1 cm³/mol. The molecule has 0 fully saturated rings. The molecule has 0 radical (unpaired) electrons.